The molecule has 0 saturated carbocycles. The number of hydrogen-bond acceptors (Lipinski definition) is 3. The summed E-state index contributed by atoms with van der Waals surface area (Å²) in [4.78, 5) is 11.3. The fourth-order valence-corrected chi connectivity index (χ4v) is 1.64. The van der Waals surface area contributed by atoms with Crippen molar-refractivity contribution in [2.24, 2.45) is 5.73 Å². The normalized spacial score (nSPS) is 12.3. The van der Waals surface area contributed by atoms with Crippen LogP contribution < -0.4 is 5.73 Å². The fraction of sp³-hybridized carbons (Fsp3) is 0.417. The topological polar surface area (TPSA) is 83.6 Å². The molecule has 0 aliphatic rings. The van der Waals surface area contributed by atoms with E-state index in [9.17, 15) is 15.0 Å². The van der Waals surface area contributed by atoms with Gasteiger partial charge in [-0.1, -0.05) is 25.8 Å². The predicted octanol–water partition coefficient (Wildman–Crippen LogP) is 1.86. The average Bonchev–Trinajstić information content (AvgIpc) is 2.23. The van der Waals surface area contributed by atoms with Gasteiger partial charge in [0.25, 0.3) is 0 Å². The van der Waals surface area contributed by atoms with E-state index in [0.717, 1.165) is 12.8 Å². The summed E-state index contributed by atoms with van der Waals surface area (Å²) in [5, 5.41) is 18.5. The Bertz CT molecular complexity index is 377. The quantitative estimate of drug-likeness (QED) is 0.666. The summed E-state index contributed by atoms with van der Waals surface area (Å²) in [7, 11) is 0. The standard InChI is InChI=1S/C12H17NO3/c1-2-3-4-9(12(13)16)8-5-6-10(14)11(15)7-8/h5-7,9,14-15H,2-4H2,1H3,(H2,13,16). The molecule has 0 spiro atoms. The van der Waals surface area contributed by atoms with Gasteiger partial charge in [0, 0.05) is 0 Å². The minimum Gasteiger partial charge on any atom is -0.504 e. The Hall–Kier alpha value is -1.71. The first-order chi connectivity index (χ1) is 7.56. The van der Waals surface area contributed by atoms with Crippen molar-refractivity contribution in [3.05, 3.63) is 23.8 Å². The van der Waals surface area contributed by atoms with E-state index in [0.29, 0.717) is 12.0 Å². The van der Waals surface area contributed by atoms with Crippen molar-refractivity contribution in [3.8, 4) is 11.5 Å². The lowest BCUT2D eigenvalue weighted by molar-refractivity contribution is -0.119. The first-order valence-corrected chi connectivity index (χ1v) is 5.37. The molecule has 88 valence electrons. The van der Waals surface area contributed by atoms with Crippen molar-refractivity contribution < 1.29 is 15.0 Å². The molecule has 1 aromatic rings. The molecule has 4 heteroatoms. The maximum Gasteiger partial charge on any atom is 0.224 e. The SMILES string of the molecule is CCCCC(C(N)=O)c1ccc(O)c(O)c1. The highest BCUT2D eigenvalue weighted by molar-refractivity contribution is 5.82. The summed E-state index contributed by atoms with van der Waals surface area (Å²) in [6.45, 7) is 2.03. The van der Waals surface area contributed by atoms with Crippen LogP contribution in [0.3, 0.4) is 0 Å². The summed E-state index contributed by atoms with van der Waals surface area (Å²) in [5.74, 6) is -1.22. The molecule has 16 heavy (non-hydrogen) atoms. The molecular weight excluding hydrogens is 206 g/mol. The van der Waals surface area contributed by atoms with Gasteiger partial charge in [-0.25, -0.2) is 0 Å². The number of amides is 1. The van der Waals surface area contributed by atoms with Gasteiger partial charge in [0.05, 0.1) is 5.92 Å². The molecule has 1 unspecified atom stereocenters. The lowest BCUT2D eigenvalue weighted by Crippen LogP contribution is -2.21. The van der Waals surface area contributed by atoms with Crippen LogP contribution in [0.25, 0.3) is 0 Å². The van der Waals surface area contributed by atoms with Gasteiger partial charge in [-0.2, -0.15) is 0 Å². The number of aromatic hydroxyl groups is 2. The molecule has 0 saturated heterocycles. The zero-order valence-electron chi connectivity index (χ0n) is 9.31. The lowest BCUT2D eigenvalue weighted by Gasteiger charge is -2.13. The van der Waals surface area contributed by atoms with E-state index in [4.69, 9.17) is 5.73 Å². The van der Waals surface area contributed by atoms with Gasteiger partial charge in [-0.05, 0) is 24.1 Å². The Balaban J connectivity index is 2.92. The highest BCUT2D eigenvalue weighted by Crippen LogP contribution is 2.30. The number of unbranched alkanes of at least 4 members (excludes halogenated alkanes) is 1. The van der Waals surface area contributed by atoms with Gasteiger partial charge < -0.3 is 15.9 Å². The summed E-state index contributed by atoms with van der Waals surface area (Å²) in [5.41, 5.74) is 5.96. The van der Waals surface area contributed by atoms with E-state index < -0.39 is 11.8 Å². The summed E-state index contributed by atoms with van der Waals surface area (Å²) >= 11 is 0. The molecule has 1 atom stereocenters. The number of nitrogens with two attached hydrogens (primary N) is 1. The van der Waals surface area contributed by atoms with E-state index in [1.165, 1.54) is 12.1 Å². The van der Waals surface area contributed by atoms with Crippen LogP contribution in [0.15, 0.2) is 18.2 Å². The largest absolute Gasteiger partial charge is 0.504 e. The second-order valence-electron chi connectivity index (χ2n) is 3.85. The Morgan fingerprint density at radius 2 is 2.06 bits per heavy atom. The van der Waals surface area contributed by atoms with Gasteiger partial charge in [0.1, 0.15) is 0 Å². The molecule has 0 radical (unpaired) electrons. The number of benzene rings is 1. The van der Waals surface area contributed by atoms with Gasteiger partial charge in [-0.3, -0.25) is 4.79 Å². The first kappa shape index (κ1) is 12.4. The number of carbonyl (C=O) groups is 1. The third-order valence-corrected chi connectivity index (χ3v) is 2.59. The van der Waals surface area contributed by atoms with E-state index in [-0.39, 0.29) is 11.5 Å². The number of hydrogen-bond donors (Lipinski definition) is 3. The molecule has 0 bridgehead atoms. The second kappa shape index (κ2) is 5.39. The Morgan fingerprint density at radius 1 is 1.38 bits per heavy atom. The molecule has 4 N–H and O–H groups in total. The van der Waals surface area contributed by atoms with Gasteiger partial charge in [-0.15, -0.1) is 0 Å². The molecule has 1 rings (SSSR count). The molecule has 0 aliphatic carbocycles. The number of phenolic OH excluding ortho intramolecular Hbond substituents is 2. The van der Waals surface area contributed by atoms with Crippen LogP contribution in [-0.4, -0.2) is 16.1 Å². The smallest absolute Gasteiger partial charge is 0.224 e. The molecule has 0 aromatic heterocycles. The predicted molar refractivity (Wildman–Crippen MR) is 61.2 cm³/mol. The highest BCUT2D eigenvalue weighted by atomic mass is 16.3. The van der Waals surface area contributed by atoms with E-state index in [1.807, 2.05) is 6.92 Å². The number of rotatable bonds is 5. The molecule has 1 amide bonds. The van der Waals surface area contributed by atoms with E-state index >= 15 is 0 Å². The van der Waals surface area contributed by atoms with E-state index in [1.54, 1.807) is 6.07 Å². The lowest BCUT2D eigenvalue weighted by atomic mass is 9.93. The Labute approximate surface area is 94.7 Å². The Morgan fingerprint density at radius 3 is 2.56 bits per heavy atom. The molecule has 0 fully saturated rings. The van der Waals surface area contributed by atoms with E-state index in [2.05, 4.69) is 0 Å². The van der Waals surface area contributed by atoms with Crippen molar-refractivity contribution in [3.63, 3.8) is 0 Å². The Kier molecular flexibility index (Phi) is 4.17. The third-order valence-electron chi connectivity index (χ3n) is 2.59. The fourth-order valence-electron chi connectivity index (χ4n) is 1.64. The molecule has 1 aromatic carbocycles. The molecule has 4 nitrogen and oxygen atoms in total. The minimum absolute atomic E-state index is 0.192. The van der Waals surface area contributed by atoms with Crippen LogP contribution in [0.1, 0.15) is 37.7 Å². The number of primary amides is 1. The summed E-state index contributed by atoms with van der Waals surface area (Å²) in [6.07, 6.45) is 2.54. The van der Waals surface area contributed by atoms with Crippen LogP contribution in [-0.2, 0) is 4.79 Å². The van der Waals surface area contributed by atoms with Crippen molar-refractivity contribution in [2.45, 2.75) is 32.1 Å². The second-order valence-corrected chi connectivity index (χ2v) is 3.85. The van der Waals surface area contributed by atoms with Crippen molar-refractivity contribution in [1.82, 2.24) is 0 Å². The van der Waals surface area contributed by atoms with Crippen LogP contribution in [0.2, 0.25) is 0 Å². The minimum atomic E-state index is -0.404. The maximum absolute atomic E-state index is 11.3. The van der Waals surface area contributed by atoms with Crippen LogP contribution in [0.4, 0.5) is 0 Å². The number of phenols is 2. The summed E-state index contributed by atoms with van der Waals surface area (Å²) in [6, 6.07) is 4.37. The van der Waals surface area contributed by atoms with Gasteiger partial charge in [0.2, 0.25) is 5.91 Å². The summed E-state index contributed by atoms with van der Waals surface area (Å²) < 4.78 is 0. The number of carbonyl (C=O) groups excluding carboxylic acids is 1. The first-order valence-electron chi connectivity index (χ1n) is 5.37. The molecule has 0 heterocycles. The van der Waals surface area contributed by atoms with Crippen molar-refractivity contribution in [2.75, 3.05) is 0 Å². The zero-order valence-corrected chi connectivity index (χ0v) is 9.31. The maximum atomic E-state index is 11.3. The molecular formula is C12H17NO3. The van der Waals surface area contributed by atoms with Crippen molar-refractivity contribution in [1.29, 1.82) is 0 Å². The van der Waals surface area contributed by atoms with Gasteiger partial charge >= 0.3 is 0 Å². The third kappa shape index (κ3) is 2.89. The van der Waals surface area contributed by atoms with Crippen LogP contribution in [0.5, 0.6) is 11.5 Å². The molecule has 0 aliphatic heterocycles. The highest BCUT2D eigenvalue weighted by Gasteiger charge is 2.18. The van der Waals surface area contributed by atoms with Crippen LogP contribution in [0, 0.1) is 0 Å². The monoisotopic (exact) mass is 223 g/mol. The van der Waals surface area contributed by atoms with Gasteiger partial charge in [0.15, 0.2) is 11.5 Å². The zero-order chi connectivity index (χ0) is 12.1. The van der Waals surface area contributed by atoms with Crippen LogP contribution >= 0.6 is 0 Å². The average molecular weight is 223 g/mol. The van der Waals surface area contributed by atoms with Crippen molar-refractivity contribution >= 4 is 5.91 Å².